The summed E-state index contributed by atoms with van der Waals surface area (Å²) in [7, 11) is 0. The summed E-state index contributed by atoms with van der Waals surface area (Å²) in [5, 5.41) is 1.43. The van der Waals surface area contributed by atoms with Crippen molar-refractivity contribution in [1.82, 2.24) is 5.06 Å². The maximum Gasteiger partial charge on any atom is 0.270 e. The van der Waals surface area contributed by atoms with Gasteiger partial charge in [0.05, 0.1) is 6.61 Å². The molecule has 1 aromatic carbocycles. The second-order valence-corrected chi connectivity index (χ2v) is 4.69. The molecule has 1 heterocycles. The van der Waals surface area contributed by atoms with Crippen molar-refractivity contribution in [3.63, 3.8) is 0 Å². The fraction of sp³-hybridized carbons (Fsp3) is 0.308. The van der Waals surface area contributed by atoms with Crippen LogP contribution in [0, 0.1) is 0 Å². The second kappa shape index (κ2) is 5.98. The molecule has 1 fully saturated rings. The number of hydrogen-bond donors (Lipinski definition) is 0. The lowest BCUT2D eigenvalue weighted by molar-refractivity contribution is -0.191. The van der Waals surface area contributed by atoms with Crippen LogP contribution >= 0.6 is 15.9 Å². The molecule has 1 aliphatic rings. The standard InChI is InChI=1S/C13H14BrNO2/c14-12-6-2-1-5-11(12)7-8-13(16)15-9-3-4-10-17-15/h1-2,5-8H,3-4,9-10H2/b8-7+. The van der Waals surface area contributed by atoms with E-state index in [9.17, 15) is 4.79 Å². The first-order chi connectivity index (χ1) is 8.27. The SMILES string of the molecule is O=C(/C=C/c1ccccc1Br)N1CCCCO1. The Morgan fingerprint density at radius 3 is 2.88 bits per heavy atom. The van der Waals surface area contributed by atoms with Crippen LogP contribution in [0.3, 0.4) is 0 Å². The quantitative estimate of drug-likeness (QED) is 0.785. The molecule has 0 aromatic heterocycles. The van der Waals surface area contributed by atoms with Crippen molar-refractivity contribution >= 4 is 27.9 Å². The number of rotatable bonds is 2. The number of halogens is 1. The summed E-state index contributed by atoms with van der Waals surface area (Å²) < 4.78 is 0.976. The third-order valence-electron chi connectivity index (χ3n) is 2.56. The van der Waals surface area contributed by atoms with Gasteiger partial charge in [-0.05, 0) is 30.5 Å². The molecule has 4 heteroatoms. The lowest BCUT2D eigenvalue weighted by atomic mass is 10.2. The number of hydrogen-bond acceptors (Lipinski definition) is 2. The van der Waals surface area contributed by atoms with E-state index < -0.39 is 0 Å². The highest BCUT2D eigenvalue weighted by molar-refractivity contribution is 9.10. The predicted octanol–water partition coefficient (Wildman–Crippen LogP) is 3.02. The second-order valence-electron chi connectivity index (χ2n) is 3.84. The average Bonchev–Trinajstić information content (AvgIpc) is 2.38. The maximum absolute atomic E-state index is 11.8. The molecule has 0 saturated carbocycles. The van der Waals surface area contributed by atoms with Gasteiger partial charge in [-0.1, -0.05) is 34.1 Å². The van der Waals surface area contributed by atoms with Crippen molar-refractivity contribution < 1.29 is 9.63 Å². The zero-order valence-corrected chi connectivity index (χ0v) is 11.0. The molecule has 1 saturated heterocycles. The molecule has 0 bridgehead atoms. The van der Waals surface area contributed by atoms with E-state index in [4.69, 9.17) is 4.84 Å². The minimum absolute atomic E-state index is 0.0968. The summed E-state index contributed by atoms with van der Waals surface area (Å²) in [6.07, 6.45) is 5.38. The fourth-order valence-corrected chi connectivity index (χ4v) is 2.04. The first-order valence-electron chi connectivity index (χ1n) is 5.64. The Morgan fingerprint density at radius 2 is 2.18 bits per heavy atom. The van der Waals surface area contributed by atoms with E-state index >= 15 is 0 Å². The number of carbonyl (C=O) groups excluding carboxylic acids is 1. The number of carbonyl (C=O) groups is 1. The van der Waals surface area contributed by atoms with Gasteiger partial charge in [-0.2, -0.15) is 0 Å². The molecule has 2 rings (SSSR count). The number of benzene rings is 1. The molecule has 0 spiro atoms. The molecule has 17 heavy (non-hydrogen) atoms. The molecule has 1 aromatic rings. The smallest absolute Gasteiger partial charge is 0.270 e. The largest absolute Gasteiger partial charge is 0.271 e. The van der Waals surface area contributed by atoms with Crippen molar-refractivity contribution in [1.29, 1.82) is 0 Å². The molecule has 0 radical (unpaired) electrons. The third kappa shape index (κ3) is 3.41. The van der Waals surface area contributed by atoms with Crippen LogP contribution in [0.1, 0.15) is 18.4 Å². The maximum atomic E-state index is 11.8. The van der Waals surface area contributed by atoms with E-state index in [0.717, 1.165) is 22.9 Å². The van der Waals surface area contributed by atoms with Crippen LogP contribution in [0.15, 0.2) is 34.8 Å². The molecule has 1 aliphatic heterocycles. The normalized spacial score (nSPS) is 16.4. The van der Waals surface area contributed by atoms with Gasteiger partial charge in [-0.15, -0.1) is 0 Å². The van der Waals surface area contributed by atoms with Crippen LogP contribution in [0.4, 0.5) is 0 Å². The molecule has 1 amide bonds. The van der Waals surface area contributed by atoms with Crippen molar-refractivity contribution in [3.8, 4) is 0 Å². The van der Waals surface area contributed by atoms with Gasteiger partial charge in [-0.3, -0.25) is 9.63 Å². The van der Waals surface area contributed by atoms with Crippen LogP contribution in [0.2, 0.25) is 0 Å². The highest BCUT2D eigenvalue weighted by atomic mass is 79.9. The van der Waals surface area contributed by atoms with Gasteiger partial charge in [0.25, 0.3) is 5.91 Å². The summed E-state index contributed by atoms with van der Waals surface area (Å²) in [5.74, 6) is -0.0968. The molecule has 90 valence electrons. The fourth-order valence-electron chi connectivity index (χ4n) is 1.63. The van der Waals surface area contributed by atoms with Crippen molar-refractivity contribution in [3.05, 3.63) is 40.4 Å². The van der Waals surface area contributed by atoms with Crippen molar-refractivity contribution in [2.24, 2.45) is 0 Å². The van der Waals surface area contributed by atoms with E-state index in [-0.39, 0.29) is 5.91 Å². The highest BCUT2D eigenvalue weighted by Gasteiger charge is 2.14. The minimum Gasteiger partial charge on any atom is -0.271 e. The number of hydroxylamine groups is 2. The Labute approximate surface area is 109 Å². The van der Waals surface area contributed by atoms with Crippen LogP contribution in [0.5, 0.6) is 0 Å². The summed E-state index contributed by atoms with van der Waals surface area (Å²) in [6, 6.07) is 7.77. The summed E-state index contributed by atoms with van der Waals surface area (Å²) in [4.78, 5) is 17.1. The van der Waals surface area contributed by atoms with Crippen LogP contribution in [-0.2, 0) is 9.63 Å². The van der Waals surface area contributed by atoms with Gasteiger partial charge in [0.2, 0.25) is 0 Å². The average molecular weight is 296 g/mol. The first kappa shape index (κ1) is 12.3. The summed E-state index contributed by atoms with van der Waals surface area (Å²) in [5.41, 5.74) is 0.984. The Bertz CT molecular complexity index is 425. The van der Waals surface area contributed by atoms with Crippen LogP contribution in [-0.4, -0.2) is 24.1 Å². The van der Waals surface area contributed by atoms with Gasteiger partial charge < -0.3 is 0 Å². The Morgan fingerprint density at radius 1 is 1.35 bits per heavy atom. The van der Waals surface area contributed by atoms with Crippen molar-refractivity contribution in [2.75, 3.05) is 13.2 Å². The van der Waals surface area contributed by atoms with Crippen LogP contribution < -0.4 is 0 Å². The molecular weight excluding hydrogens is 282 g/mol. The van der Waals surface area contributed by atoms with Gasteiger partial charge in [0.15, 0.2) is 0 Å². The molecule has 0 N–H and O–H groups in total. The Balaban J connectivity index is 2.00. The summed E-state index contributed by atoms with van der Waals surface area (Å²) >= 11 is 3.44. The number of amides is 1. The van der Waals surface area contributed by atoms with Crippen molar-refractivity contribution in [2.45, 2.75) is 12.8 Å². The van der Waals surface area contributed by atoms with E-state index in [1.165, 1.54) is 5.06 Å². The number of nitrogens with zero attached hydrogens (tertiary/aromatic N) is 1. The monoisotopic (exact) mass is 295 g/mol. The molecule has 3 nitrogen and oxygen atoms in total. The lowest BCUT2D eigenvalue weighted by Crippen LogP contribution is -2.34. The van der Waals surface area contributed by atoms with Gasteiger partial charge in [0, 0.05) is 17.1 Å². The first-order valence-corrected chi connectivity index (χ1v) is 6.44. The van der Waals surface area contributed by atoms with Gasteiger partial charge in [0.1, 0.15) is 0 Å². The topological polar surface area (TPSA) is 29.5 Å². The van der Waals surface area contributed by atoms with Gasteiger partial charge >= 0.3 is 0 Å². The zero-order valence-electron chi connectivity index (χ0n) is 9.43. The third-order valence-corrected chi connectivity index (χ3v) is 3.28. The van der Waals surface area contributed by atoms with E-state index in [2.05, 4.69) is 15.9 Å². The van der Waals surface area contributed by atoms with E-state index in [0.29, 0.717) is 13.2 Å². The minimum atomic E-state index is -0.0968. The molecule has 0 aliphatic carbocycles. The van der Waals surface area contributed by atoms with E-state index in [1.807, 2.05) is 24.3 Å². The predicted molar refractivity (Wildman–Crippen MR) is 70.1 cm³/mol. The highest BCUT2D eigenvalue weighted by Crippen LogP contribution is 2.17. The van der Waals surface area contributed by atoms with Gasteiger partial charge in [-0.25, -0.2) is 5.06 Å². The Kier molecular flexibility index (Phi) is 4.34. The Hall–Kier alpha value is -1.13. The molecular formula is C13H14BrNO2. The molecule has 0 unspecified atom stereocenters. The molecule has 0 atom stereocenters. The zero-order chi connectivity index (χ0) is 12.1. The summed E-state index contributed by atoms with van der Waals surface area (Å²) in [6.45, 7) is 1.31. The lowest BCUT2D eigenvalue weighted by Gasteiger charge is -2.24. The van der Waals surface area contributed by atoms with Crippen LogP contribution in [0.25, 0.3) is 6.08 Å². The van der Waals surface area contributed by atoms with E-state index in [1.54, 1.807) is 12.2 Å².